The molecule has 0 spiro atoms. The van der Waals surface area contributed by atoms with Crippen molar-refractivity contribution in [1.29, 1.82) is 0 Å². The molecule has 0 unspecified atom stereocenters. The summed E-state index contributed by atoms with van der Waals surface area (Å²) in [6, 6.07) is 4.61. The predicted molar refractivity (Wildman–Crippen MR) is 60.7 cm³/mol. The molecule has 0 fully saturated rings. The smallest absolute Gasteiger partial charge is 0.164 e. The van der Waals surface area contributed by atoms with E-state index in [-0.39, 0.29) is 11.7 Å². The van der Waals surface area contributed by atoms with E-state index in [0.29, 0.717) is 11.6 Å². The Kier molecular flexibility index (Phi) is 2.92. The standard InChI is InChI=1S/C11H11ClFN3/c1-7-3-4-8(13)5-9(7)11-15-14-10(6-12)16(11)2/h3-5H,6H2,1-2H3. The van der Waals surface area contributed by atoms with Crippen molar-refractivity contribution >= 4 is 11.6 Å². The Labute approximate surface area is 97.9 Å². The lowest BCUT2D eigenvalue weighted by molar-refractivity contribution is 0.627. The second-order valence-corrected chi connectivity index (χ2v) is 3.86. The molecular weight excluding hydrogens is 229 g/mol. The van der Waals surface area contributed by atoms with Gasteiger partial charge >= 0.3 is 0 Å². The lowest BCUT2D eigenvalue weighted by atomic mass is 10.1. The summed E-state index contributed by atoms with van der Waals surface area (Å²) >= 11 is 5.71. The molecule has 1 aromatic heterocycles. The summed E-state index contributed by atoms with van der Waals surface area (Å²) < 4.78 is 14.9. The van der Waals surface area contributed by atoms with Gasteiger partial charge in [-0.2, -0.15) is 0 Å². The molecule has 0 amide bonds. The van der Waals surface area contributed by atoms with Gasteiger partial charge in [0.25, 0.3) is 0 Å². The van der Waals surface area contributed by atoms with E-state index in [9.17, 15) is 4.39 Å². The quantitative estimate of drug-likeness (QED) is 0.755. The summed E-state index contributed by atoms with van der Waals surface area (Å²) in [5.74, 6) is 1.31. The molecule has 0 aliphatic carbocycles. The molecule has 1 aromatic carbocycles. The molecule has 84 valence electrons. The monoisotopic (exact) mass is 239 g/mol. The number of aryl methyl sites for hydroxylation is 1. The predicted octanol–water partition coefficient (Wildman–Crippen LogP) is 2.67. The van der Waals surface area contributed by atoms with E-state index in [1.54, 1.807) is 10.6 Å². The van der Waals surface area contributed by atoms with Gasteiger partial charge in [0.15, 0.2) is 5.82 Å². The van der Waals surface area contributed by atoms with Crippen LogP contribution in [0.5, 0.6) is 0 Å². The van der Waals surface area contributed by atoms with E-state index in [4.69, 9.17) is 11.6 Å². The summed E-state index contributed by atoms with van der Waals surface area (Å²) in [4.78, 5) is 0. The Morgan fingerprint density at radius 2 is 2.12 bits per heavy atom. The molecule has 2 aromatic rings. The normalized spacial score (nSPS) is 10.8. The second kappa shape index (κ2) is 4.22. The number of alkyl halides is 1. The number of nitrogens with zero attached hydrogens (tertiary/aromatic N) is 3. The van der Waals surface area contributed by atoms with Gasteiger partial charge < -0.3 is 4.57 Å². The average Bonchev–Trinajstić information content (AvgIpc) is 2.63. The molecule has 3 nitrogen and oxygen atoms in total. The van der Waals surface area contributed by atoms with Crippen molar-refractivity contribution in [2.24, 2.45) is 7.05 Å². The molecule has 0 radical (unpaired) electrons. The van der Waals surface area contributed by atoms with Gasteiger partial charge in [-0.3, -0.25) is 0 Å². The van der Waals surface area contributed by atoms with Crippen molar-refractivity contribution in [3.8, 4) is 11.4 Å². The van der Waals surface area contributed by atoms with Crippen LogP contribution in [0.1, 0.15) is 11.4 Å². The maximum absolute atomic E-state index is 13.2. The maximum atomic E-state index is 13.2. The van der Waals surface area contributed by atoms with Crippen molar-refractivity contribution in [2.75, 3.05) is 0 Å². The van der Waals surface area contributed by atoms with Gasteiger partial charge in [0.05, 0.1) is 5.88 Å². The van der Waals surface area contributed by atoms with Crippen LogP contribution in [0.25, 0.3) is 11.4 Å². The van der Waals surface area contributed by atoms with Crippen LogP contribution in [0.4, 0.5) is 4.39 Å². The highest BCUT2D eigenvalue weighted by atomic mass is 35.5. The first-order valence-electron chi connectivity index (χ1n) is 4.84. The third-order valence-electron chi connectivity index (χ3n) is 2.53. The molecular formula is C11H11ClFN3. The Morgan fingerprint density at radius 1 is 1.38 bits per heavy atom. The zero-order chi connectivity index (χ0) is 11.7. The Balaban J connectivity index is 2.58. The highest BCUT2D eigenvalue weighted by Crippen LogP contribution is 2.22. The molecule has 0 saturated carbocycles. The number of hydrogen-bond donors (Lipinski definition) is 0. The van der Waals surface area contributed by atoms with Gasteiger partial charge in [0, 0.05) is 12.6 Å². The van der Waals surface area contributed by atoms with Crippen molar-refractivity contribution in [1.82, 2.24) is 14.8 Å². The summed E-state index contributed by atoms with van der Waals surface area (Å²) in [5.41, 5.74) is 1.70. The van der Waals surface area contributed by atoms with Crippen molar-refractivity contribution in [2.45, 2.75) is 12.8 Å². The molecule has 0 atom stereocenters. The molecule has 0 aliphatic heterocycles. The zero-order valence-electron chi connectivity index (χ0n) is 9.04. The van der Waals surface area contributed by atoms with Crippen molar-refractivity contribution in [3.05, 3.63) is 35.4 Å². The van der Waals surface area contributed by atoms with E-state index in [0.717, 1.165) is 11.1 Å². The van der Waals surface area contributed by atoms with Crippen molar-refractivity contribution < 1.29 is 4.39 Å². The molecule has 0 saturated heterocycles. The zero-order valence-corrected chi connectivity index (χ0v) is 9.79. The van der Waals surface area contributed by atoms with Gasteiger partial charge in [-0.15, -0.1) is 21.8 Å². The minimum Gasteiger partial charge on any atom is -0.313 e. The van der Waals surface area contributed by atoms with Crippen LogP contribution in [0.2, 0.25) is 0 Å². The average molecular weight is 240 g/mol. The van der Waals surface area contributed by atoms with Crippen LogP contribution < -0.4 is 0 Å². The number of rotatable bonds is 2. The first kappa shape index (κ1) is 11.1. The van der Waals surface area contributed by atoms with E-state index in [2.05, 4.69) is 10.2 Å². The molecule has 0 aliphatic rings. The summed E-state index contributed by atoms with van der Waals surface area (Å²) in [6.45, 7) is 1.91. The first-order chi connectivity index (χ1) is 7.63. The lowest BCUT2D eigenvalue weighted by Crippen LogP contribution is -1.98. The highest BCUT2D eigenvalue weighted by molar-refractivity contribution is 6.16. The largest absolute Gasteiger partial charge is 0.313 e. The topological polar surface area (TPSA) is 30.7 Å². The first-order valence-corrected chi connectivity index (χ1v) is 5.37. The number of halogens is 2. The van der Waals surface area contributed by atoms with Gasteiger partial charge in [-0.05, 0) is 24.6 Å². The van der Waals surface area contributed by atoms with Crippen LogP contribution >= 0.6 is 11.6 Å². The van der Waals surface area contributed by atoms with Crippen LogP contribution in [0.15, 0.2) is 18.2 Å². The molecule has 1 heterocycles. The summed E-state index contributed by atoms with van der Waals surface area (Å²) in [7, 11) is 1.82. The maximum Gasteiger partial charge on any atom is 0.164 e. The molecule has 16 heavy (non-hydrogen) atoms. The van der Waals surface area contributed by atoms with Gasteiger partial charge in [-0.1, -0.05) is 6.07 Å². The fraction of sp³-hybridized carbons (Fsp3) is 0.273. The third-order valence-corrected chi connectivity index (χ3v) is 2.76. The van der Waals surface area contributed by atoms with E-state index in [1.165, 1.54) is 12.1 Å². The van der Waals surface area contributed by atoms with Crippen molar-refractivity contribution in [3.63, 3.8) is 0 Å². The van der Waals surface area contributed by atoms with Gasteiger partial charge in [-0.25, -0.2) is 4.39 Å². The minimum atomic E-state index is -0.281. The Morgan fingerprint density at radius 3 is 2.75 bits per heavy atom. The fourth-order valence-electron chi connectivity index (χ4n) is 1.55. The number of benzene rings is 1. The van der Waals surface area contributed by atoms with Crippen LogP contribution in [-0.2, 0) is 12.9 Å². The summed E-state index contributed by atoms with van der Waals surface area (Å²) in [6.07, 6.45) is 0. The van der Waals surface area contributed by atoms with Crippen LogP contribution in [0.3, 0.4) is 0 Å². The minimum absolute atomic E-state index is 0.281. The summed E-state index contributed by atoms with van der Waals surface area (Å²) in [5, 5.41) is 7.96. The van der Waals surface area contributed by atoms with Gasteiger partial charge in [0.2, 0.25) is 0 Å². The van der Waals surface area contributed by atoms with E-state index in [1.807, 2.05) is 14.0 Å². The molecule has 5 heteroatoms. The molecule has 0 bridgehead atoms. The fourth-order valence-corrected chi connectivity index (χ4v) is 1.78. The van der Waals surface area contributed by atoms with Crippen LogP contribution in [0, 0.1) is 12.7 Å². The van der Waals surface area contributed by atoms with Crippen LogP contribution in [-0.4, -0.2) is 14.8 Å². The number of aromatic nitrogens is 3. The van der Waals surface area contributed by atoms with Gasteiger partial charge in [0.1, 0.15) is 11.6 Å². The Bertz CT molecular complexity index is 522. The van der Waals surface area contributed by atoms with E-state index < -0.39 is 0 Å². The molecule has 0 N–H and O–H groups in total. The second-order valence-electron chi connectivity index (χ2n) is 3.59. The third kappa shape index (κ3) is 1.80. The molecule has 2 rings (SSSR count). The number of hydrogen-bond acceptors (Lipinski definition) is 2. The lowest BCUT2D eigenvalue weighted by Gasteiger charge is -2.05. The Hall–Kier alpha value is -1.42. The highest BCUT2D eigenvalue weighted by Gasteiger charge is 2.12. The van der Waals surface area contributed by atoms with E-state index >= 15 is 0 Å². The SMILES string of the molecule is Cc1ccc(F)cc1-c1nnc(CCl)n1C.